The Bertz CT molecular complexity index is 699. The van der Waals surface area contributed by atoms with Crippen molar-refractivity contribution in [3.8, 4) is 0 Å². The van der Waals surface area contributed by atoms with Crippen LogP contribution < -0.4 is 10.2 Å². The van der Waals surface area contributed by atoms with Crippen molar-refractivity contribution < 1.29 is 9.59 Å². The number of amides is 2. The Morgan fingerprint density at radius 2 is 2.04 bits per heavy atom. The molecule has 0 aliphatic heterocycles. The molecule has 2 aromatic rings. The highest BCUT2D eigenvalue weighted by molar-refractivity contribution is 6.34. The number of hydrogen-bond donors (Lipinski definition) is 1. The average molecular weight is 335 g/mol. The Hall–Kier alpha value is -2.34. The number of halogens is 1. The Labute approximate surface area is 140 Å². The van der Waals surface area contributed by atoms with E-state index in [-0.39, 0.29) is 17.6 Å². The van der Waals surface area contributed by atoms with Crippen LogP contribution in [-0.4, -0.2) is 35.3 Å². The van der Waals surface area contributed by atoms with Crippen LogP contribution in [0, 0.1) is 0 Å². The van der Waals surface area contributed by atoms with Gasteiger partial charge in [0.2, 0.25) is 0 Å². The lowest BCUT2D eigenvalue weighted by Crippen LogP contribution is -2.31. The standard InChI is InChI=1S/C16H19ClN4O2/c1-3-4-10-18-16(23)21-11-9-13(19-21)15(22)20(2)14-8-6-5-7-12(14)17/h5-9,11H,3-4,10H2,1-2H3,(H,18,23). The van der Waals surface area contributed by atoms with Gasteiger partial charge in [0.1, 0.15) is 0 Å². The molecule has 2 rings (SSSR count). The summed E-state index contributed by atoms with van der Waals surface area (Å²) in [6.45, 7) is 2.62. The summed E-state index contributed by atoms with van der Waals surface area (Å²) < 4.78 is 1.13. The maximum Gasteiger partial charge on any atom is 0.342 e. The van der Waals surface area contributed by atoms with Gasteiger partial charge < -0.3 is 10.2 Å². The lowest BCUT2D eigenvalue weighted by atomic mass is 10.2. The summed E-state index contributed by atoms with van der Waals surface area (Å²) in [5, 5.41) is 7.25. The van der Waals surface area contributed by atoms with Crippen LogP contribution in [0.1, 0.15) is 30.3 Å². The second-order valence-electron chi connectivity index (χ2n) is 5.05. The average Bonchev–Trinajstić information content (AvgIpc) is 3.04. The summed E-state index contributed by atoms with van der Waals surface area (Å²) in [4.78, 5) is 25.8. The van der Waals surface area contributed by atoms with E-state index in [0.29, 0.717) is 17.3 Å². The second kappa shape index (κ2) is 7.78. The molecule has 7 heteroatoms. The summed E-state index contributed by atoms with van der Waals surface area (Å²) in [6, 6.07) is 8.20. The van der Waals surface area contributed by atoms with Gasteiger partial charge in [-0.2, -0.15) is 9.78 Å². The fourth-order valence-corrected chi connectivity index (χ4v) is 2.27. The van der Waals surface area contributed by atoms with Crippen molar-refractivity contribution in [2.24, 2.45) is 0 Å². The first-order chi connectivity index (χ1) is 11.0. The predicted molar refractivity (Wildman–Crippen MR) is 90.1 cm³/mol. The van der Waals surface area contributed by atoms with Crippen molar-refractivity contribution in [1.29, 1.82) is 0 Å². The Morgan fingerprint density at radius 3 is 2.74 bits per heavy atom. The van der Waals surface area contributed by atoms with Crippen LogP contribution in [0.4, 0.5) is 10.5 Å². The molecule has 0 unspecified atom stereocenters. The topological polar surface area (TPSA) is 67.2 Å². The van der Waals surface area contributed by atoms with Gasteiger partial charge in [-0.05, 0) is 24.6 Å². The van der Waals surface area contributed by atoms with E-state index in [0.717, 1.165) is 17.5 Å². The smallest absolute Gasteiger partial charge is 0.336 e. The van der Waals surface area contributed by atoms with Crippen molar-refractivity contribution in [1.82, 2.24) is 15.1 Å². The molecule has 0 spiro atoms. The number of benzene rings is 1. The molecule has 0 aliphatic rings. The quantitative estimate of drug-likeness (QED) is 0.854. The van der Waals surface area contributed by atoms with E-state index in [9.17, 15) is 9.59 Å². The highest BCUT2D eigenvalue weighted by atomic mass is 35.5. The molecule has 0 atom stereocenters. The van der Waals surface area contributed by atoms with Gasteiger partial charge in [0.05, 0.1) is 10.7 Å². The number of nitrogens with one attached hydrogen (secondary N) is 1. The molecule has 0 saturated carbocycles. The first kappa shape index (κ1) is 17.0. The van der Waals surface area contributed by atoms with Crippen molar-refractivity contribution in [2.45, 2.75) is 19.8 Å². The van der Waals surface area contributed by atoms with Crippen LogP contribution in [0.15, 0.2) is 36.5 Å². The minimum absolute atomic E-state index is 0.179. The molecule has 6 nitrogen and oxygen atoms in total. The molecule has 122 valence electrons. The number of unbranched alkanes of at least 4 members (excludes halogenated alkanes) is 1. The van der Waals surface area contributed by atoms with Gasteiger partial charge in [0, 0.05) is 19.8 Å². The molecule has 23 heavy (non-hydrogen) atoms. The minimum Gasteiger partial charge on any atom is -0.336 e. The third-order valence-electron chi connectivity index (χ3n) is 3.34. The number of carbonyl (C=O) groups excluding carboxylic acids is 2. The van der Waals surface area contributed by atoms with Crippen LogP contribution in [0.3, 0.4) is 0 Å². The minimum atomic E-state index is -0.349. The predicted octanol–water partition coefficient (Wildman–Crippen LogP) is 3.17. The highest BCUT2D eigenvalue weighted by Crippen LogP contribution is 2.25. The van der Waals surface area contributed by atoms with Gasteiger partial charge in [-0.1, -0.05) is 37.1 Å². The first-order valence-electron chi connectivity index (χ1n) is 7.41. The van der Waals surface area contributed by atoms with E-state index in [2.05, 4.69) is 10.4 Å². The molecule has 2 amide bonds. The van der Waals surface area contributed by atoms with Gasteiger partial charge in [0.25, 0.3) is 5.91 Å². The summed E-state index contributed by atoms with van der Waals surface area (Å²) in [7, 11) is 1.61. The number of nitrogens with zero attached hydrogens (tertiary/aromatic N) is 3. The monoisotopic (exact) mass is 334 g/mol. The van der Waals surface area contributed by atoms with Crippen LogP contribution in [0.2, 0.25) is 5.02 Å². The molecule has 0 fully saturated rings. The number of anilines is 1. The SMILES string of the molecule is CCCCNC(=O)n1ccc(C(=O)N(C)c2ccccc2Cl)n1. The molecule has 0 aliphatic carbocycles. The third-order valence-corrected chi connectivity index (χ3v) is 3.66. The lowest BCUT2D eigenvalue weighted by molar-refractivity contribution is 0.0988. The Kier molecular flexibility index (Phi) is 5.76. The first-order valence-corrected chi connectivity index (χ1v) is 7.79. The van der Waals surface area contributed by atoms with E-state index in [1.807, 2.05) is 6.92 Å². The molecule has 1 heterocycles. The summed E-state index contributed by atoms with van der Waals surface area (Å²) >= 11 is 6.09. The number of rotatable bonds is 5. The van der Waals surface area contributed by atoms with Gasteiger partial charge in [0.15, 0.2) is 5.69 Å². The summed E-state index contributed by atoms with van der Waals surface area (Å²) in [5.74, 6) is -0.335. The third kappa shape index (κ3) is 4.10. The summed E-state index contributed by atoms with van der Waals surface area (Å²) in [6.07, 6.45) is 3.36. The number of aromatic nitrogens is 2. The molecular formula is C16H19ClN4O2. The Balaban J connectivity index is 2.09. The fraction of sp³-hybridized carbons (Fsp3) is 0.312. The zero-order valence-corrected chi connectivity index (χ0v) is 13.9. The van der Waals surface area contributed by atoms with Gasteiger partial charge in [-0.25, -0.2) is 4.79 Å². The maximum atomic E-state index is 12.5. The van der Waals surface area contributed by atoms with E-state index in [1.165, 1.54) is 17.2 Å². The molecule has 0 radical (unpaired) electrons. The van der Waals surface area contributed by atoms with Crippen molar-refractivity contribution in [3.63, 3.8) is 0 Å². The molecule has 0 saturated heterocycles. The normalized spacial score (nSPS) is 10.4. The maximum absolute atomic E-state index is 12.5. The van der Waals surface area contributed by atoms with Gasteiger partial charge >= 0.3 is 6.03 Å². The fourth-order valence-electron chi connectivity index (χ4n) is 2.01. The van der Waals surface area contributed by atoms with Gasteiger partial charge in [-0.15, -0.1) is 0 Å². The summed E-state index contributed by atoms with van der Waals surface area (Å²) in [5.41, 5.74) is 0.763. The molecular weight excluding hydrogens is 316 g/mol. The van der Waals surface area contributed by atoms with Crippen LogP contribution in [0.5, 0.6) is 0 Å². The number of carbonyl (C=O) groups is 2. The Morgan fingerprint density at radius 1 is 1.30 bits per heavy atom. The van der Waals surface area contributed by atoms with Crippen molar-refractivity contribution >= 4 is 29.2 Å². The molecule has 1 N–H and O–H groups in total. The molecule has 1 aromatic heterocycles. The number of hydrogen-bond acceptors (Lipinski definition) is 3. The molecule has 0 bridgehead atoms. The van der Waals surface area contributed by atoms with Crippen LogP contribution in [0.25, 0.3) is 0 Å². The number of para-hydroxylation sites is 1. The largest absolute Gasteiger partial charge is 0.342 e. The lowest BCUT2D eigenvalue weighted by Gasteiger charge is -2.17. The zero-order valence-electron chi connectivity index (χ0n) is 13.1. The zero-order chi connectivity index (χ0) is 16.8. The highest BCUT2D eigenvalue weighted by Gasteiger charge is 2.19. The van der Waals surface area contributed by atoms with Crippen molar-refractivity contribution in [3.05, 3.63) is 47.2 Å². The van der Waals surface area contributed by atoms with Crippen molar-refractivity contribution in [2.75, 3.05) is 18.5 Å². The van der Waals surface area contributed by atoms with E-state index >= 15 is 0 Å². The van der Waals surface area contributed by atoms with E-state index < -0.39 is 0 Å². The van der Waals surface area contributed by atoms with E-state index in [1.54, 1.807) is 31.3 Å². The van der Waals surface area contributed by atoms with Crippen LogP contribution >= 0.6 is 11.6 Å². The van der Waals surface area contributed by atoms with Gasteiger partial charge in [-0.3, -0.25) is 4.79 Å². The molecule has 1 aromatic carbocycles. The van der Waals surface area contributed by atoms with E-state index in [4.69, 9.17) is 11.6 Å². The van der Waals surface area contributed by atoms with Crippen LogP contribution in [-0.2, 0) is 0 Å². The second-order valence-corrected chi connectivity index (χ2v) is 5.45.